The van der Waals surface area contributed by atoms with Gasteiger partial charge in [-0.2, -0.15) is 0 Å². The molecule has 2 unspecified atom stereocenters. The molecule has 11 nitrogen and oxygen atoms in total. The van der Waals surface area contributed by atoms with Crippen LogP contribution < -0.4 is 16.4 Å². The first-order valence-electron chi connectivity index (χ1n) is 13.3. The van der Waals surface area contributed by atoms with Crippen LogP contribution >= 0.6 is 0 Å². The fourth-order valence-electron chi connectivity index (χ4n) is 4.67. The lowest BCUT2D eigenvalue weighted by Gasteiger charge is -2.35. The summed E-state index contributed by atoms with van der Waals surface area (Å²) in [7, 11) is 1.73. The molecular formula is C29H39N7O4. The molecule has 6 N–H and O–H groups in total. The first-order valence-corrected chi connectivity index (χ1v) is 13.3. The van der Waals surface area contributed by atoms with Gasteiger partial charge >= 0.3 is 5.97 Å². The zero-order chi connectivity index (χ0) is 29.6. The van der Waals surface area contributed by atoms with Crippen molar-refractivity contribution >= 4 is 40.2 Å². The molecule has 0 radical (unpaired) electrons. The third-order valence-electron chi connectivity index (χ3n) is 7.09. The normalized spacial score (nSPS) is 13.3. The summed E-state index contributed by atoms with van der Waals surface area (Å²) in [4.78, 5) is 48.1. The third kappa shape index (κ3) is 6.48. The van der Waals surface area contributed by atoms with E-state index in [1.165, 1.54) is 6.92 Å². The van der Waals surface area contributed by atoms with Gasteiger partial charge < -0.3 is 25.7 Å². The van der Waals surface area contributed by atoms with Crippen molar-refractivity contribution in [2.45, 2.75) is 52.6 Å². The predicted molar refractivity (Wildman–Crippen MR) is 155 cm³/mol. The Labute approximate surface area is 234 Å². The second-order valence-corrected chi connectivity index (χ2v) is 9.99. The number of carbonyl (C=O) groups excluding carboxylic acids is 3. The van der Waals surface area contributed by atoms with Crippen LogP contribution in [0.3, 0.4) is 0 Å². The molecule has 3 rings (SSSR count). The average Bonchev–Trinajstić information content (AvgIpc) is 3.35. The summed E-state index contributed by atoms with van der Waals surface area (Å²) in [5.74, 6) is -0.478. The maximum absolute atomic E-state index is 13.7. The van der Waals surface area contributed by atoms with Gasteiger partial charge in [0.25, 0.3) is 0 Å². The smallest absolute Gasteiger partial charge is 0.330 e. The minimum atomic E-state index is -1.17. The lowest BCUT2D eigenvalue weighted by molar-refractivity contribution is -0.149. The number of carbonyl (C=O) groups is 3. The number of benzene rings is 2. The van der Waals surface area contributed by atoms with Gasteiger partial charge in [-0.15, -0.1) is 0 Å². The van der Waals surface area contributed by atoms with Gasteiger partial charge in [-0.3, -0.25) is 20.3 Å². The summed E-state index contributed by atoms with van der Waals surface area (Å²) < 4.78 is 5.07. The lowest BCUT2D eigenvalue weighted by Crippen LogP contribution is -2.54. The fraction of sp³-hybridized carbons (Fsp3) is 0.414. The number of hydrogen-bond acceptors (Lipinski definition) is 8. The molecular weight excluding hydrogens is 510 g/mol. The molecule has 40 heavy (non-hydrogen) atoms. The highest BCUT2D eigenvalue weighted by Crippen LogP contribution is 2.32. The van der Waals surface area contributed by atoms with Crippen LogP contribution in [-0.4, -0.2) is 71.1 Å². The minimum absolute atomic E-state index is 0.0126. The topological polar surface area (TPSA) is 166 Å². The number of H-pyrrole nitrogens is 1. The summed E-state index contributed by atoms with van der Waals surface area (Å²) in [5, 5.41) is 13.8. The number of ether oxygens (including phenoxy) is 1. The first-order chi connectivity index (χ1) is 18.9. The number of imidazole rings is 1. The second-order valence-electron chi connectivity index (χ2n) is 9.99. The van der Waals surface area contributed by atoms with Crippen LogP contribution in [0.2, 0.25) is 0 Å². The van der Waals surface area contributed by atoms with Gasteiger partial charge in [0.05, 0.1) is 29.6 Å². The van der Waals surface area contributed by atoms with Crippen molar-refractivity contribution in [2.75, 3.05) is 32.1 Å². The molecule has 0 fully saturated rings. The number of esters is 1. The highest BCUT2D eigenvalue weighted by Gasteiger charge is 2.40. The highest BCUT2D eigenvalue weighted by molar-refractivity contribution is 6.02. The van der Waals surface area contributed by atoms with E-state index in [4.69, 9.17) is 20.9 Å². The number of anilines is 1. The number of rotatable bonds is 13. The molecule has 0 spiro atoms. The van der Waals surface area contributed by atoms with Crippen LogP contribution in [0.5, 0.6) is 0 Å². The zero-order valence-electron chi connectivity index (χ0n) is 24.0. The molecule has 0 bridgehead atoms. The van der Waals surface area contributed by atoms with Crippen molar-refractivity contribution in [2.24, 2.45) is 5.73 Å². The number of nitrogens with zero attached hydrogens (tertiary/aromatic N) is 2. The summed E-state index contributed by atoms with van der Waals surface area (Å²) in [6.07, 6.45) is 0. The van der Waals surface area contributed by atoms with E-state index >= 15 is 0 Å². The molecule has 0 aliphatic heterocycles. The molecule has 1 aromatic heterocycles. The maximum atomic E-state index is 13.7. The first kappa shape index (κ1) is 30.3. The van der Waals surface area contributed by atoms with E-state index in [9.17, 15) is 14.4 Å². The van der Waals surface area contributed by atoms with Crippen LogP contribution in [0, 0.1) is 12.3 Å². The zero-order valence-corrected chi connectivity index (χ0v) is 24.0. The molecule has 2 aromatic carbocycles. The number of Topliss-reactive ketones (excluding diaryl/α,β-unsaturated/α-hetero) is 1. The SMILES string of the molecule is CCOC(=O)C(NCC(C)(C(=O)N(C)CC)c1ccc2[nH]c(CNc3ccc(C(=N)N)cc3)nc2c1C)C(C)=O. The molecule has 3 aromatic rings. The monoisotopic (exact) mass is 549 g/mol. The molecule has 1 amide bonds. The minimum Gasteiger partial charge on any atom is -0.464 e. The summed E-state index contributed by atoms with van der Waals surface area (Å²) in [5.41, 5.74) is 9.06. The van der Waals surface area contributed by atoms with Gasteiger partial charge in [-0.1, -0.05) is 6.07 Å². The number of aromatic amines is 1. The molecule has 2 atom stereocenters. The van der Waals surface area contributed by atoms with Crippen molar-refractivity contribution in [1.82, 2.24) is 20.2 Å². The number of nitrogens with two attached hydrogens (primary N) is 1. The number of aromatic nitrogens is 2. The number of ketones is 1. The summed E-state index contributed by atoms with van der Waals surface area (Å²) in [6.45, 7) is 9.73. The Morgan fingerprint density at radius 2 is 1.85 bits per heavy atom. The lowest BCUT2D eigenvalue weighted by atomic mass is 9.78. The number of hydrogen-bond donors (Lipinski definition) is 5. The Kier molecular flexibility index (Phi) is 9.65. The van der Waals surface area contributed by atoms with Gasteiger partial charge in [-0.25, -0.2) is 9.78 Å². The van der Waals surface area contributed by atoms with Crippen LogP contribution in [0.1, 0.15) is 50.2 Å². The van der Waals surface area contributed by atoms with Gasteiger partial charge in [0.1, 0.15) is 11.7 Å². The van der Waals surface area contributed by atoms with Crippen molar-refractivity contribution in [3.05, 3.63) is 58.9 Å². The number of fused-ring (bicyclic) bond motifs is 1. The maximum Gasteiger partial charge on any atom is 0.330 e. The van der Waals surface area contributed by atoms with Crippen molar-refractivity contribution in [1.29, 1.82) is 5.41 Å². The number of amides is 1. The van der Waals surface area contributed by atoms with E-state index in [1.54, 1.807) is 31.0 Å². The molecule has 1 heterocycles. The fourth-order valence-corrected chi connectivity index (χ4v) is 4.67. The van der Waals surface area contributed by atoms with Crippen LogP contribution in [0.25, 0.3) is 11.0 Å². The Morgan fingerprint density at radius 3 is 2.42 bits per heavy atom. The van der Waals surface area contributed by atoms with E-state index in [0.29, 0.717) is 24.5 Å². The molecule has 0 aliphatic carbocycles. The summed E-state index contributed by atoms with van der Waals surface area (Å²) >= 11 is 0. The number of nitrogens with one attached hydrogen (secondary N) is 4. The second kappa shape index (κ2) is 12.7. The Bertz CT molecular complexity index is 1400. The number of amidine groups is 1. The third-order valence-corrected chi connectivity index (χ3v) is 7.09. The summed E-state index contributed by atoms with van der Waals surface area (Å²) in [6, 6.07) is 9.86. The van der Waals surface area contributed by atoms with Crippen LogP contribution in [-0.2, 0) is 31.1 Å². The molecule has 0 saturated carbocycles. The van der Waals surface area contributed by atoms with E-state index in [0.717, 1.165) is 27.8 Å². The van der Waals surface area contributed by atoms with Gasteiger partial charge in [0, 0.05) is 31.4 Å². The number of nitrogen functional groups attached to an aromatic ring is 1. The van der Waals surface area contributed by atoms with Crippen LogP contribution in [0.4, 0.5) is 5.69 Å². The van der Waals surface area contributed by atoms with E-state index in [2.05, 4.69) is 15.6 Å². The Morgan fingerprint density at radius 1 is 1.18 bits per heavy atom. The molecule has 0 saturated heterocycles. The molecule has 0 aliphatic rings. The van der Waals surface area contributed by atoms with Crippen molar-refractivity contribution in [3.8, 4) is 0 Å². The van der Waals surface area contributed by atoms with Crippen molar-refractivity contribution in [3.63, 3.8) is 0 Å². The van der Waals surface area contributed by atoms with E-state index in [1.807, 2.05) is 45.0 Å². The van der Waals surface area contributed by atoms with Gasteiger partial charge in [0.2, 0.25) is 5.91 Å². The standard InChI is InChI=1S/C29H39N7O4/c1-7-36(6)28(39)29(5,16-33-25(18(4)37)27(38)40-8-2)21-13-14-22-24(17(21)3)35-23(34-22)15-32-20-11-9-19(10-12-20)26(30)31/h9-14,25,32-33H,7-8,15-16H2,1-6H3,(H3,30,31)(H,34,35). The average molecular weight is 550 g/mol. The van der Waals surface area contributed by atoms with E-state index < -0.39 is 17.4 Å². The highest BCUT2D eigenvalue weighted by atomic mass is 16.5. The number of likely N-dealkylation sites (N-methyl/N-ethyl adjacent to an activating group) is 1. The van der Waals surface area contributed by atoms with Crippen LogP contribution in [0.15, 0.2) is 36.4 Å². The van der Waals surface area contributed by atoms with Gasteiger partial charge in [-0.05, 0) is 76.1 Å². The molecule has 214 valence electrons. The largest absolute Gasteiger partial charge is 0.464 e. The predicted octanol–water partition coefficient (Wildman–Crippen LogP) is 2.61. The quantitative estimate of drug-likeness (QED) is 0.0939. The molecule has 11 heteroatoms. The Hall–Kier alpha value is -4.25. The van der Waals surface area contributed by atoms with E-state index in [-0.39, 0.29) is 30.7 Å². The van der Waals surface area contributed by atoms with Crippen molar-refractivity contribution < 1.29 is 19.1 Å². The number of aryl methyl sites for hydroxylation is 1. The Balaban J connectivity index is 1.93. The van der Waals surface area contributed by atoms with Gasteiger partial charge in [0.15, 0.2) is 11.8 Å².